The van der Waals surface area contributed by atoms with Crippen LogP contribution < -0.4 is 0 Å². The molecule has 0 bridgehead atoms. The smallest absolute Gasteiger partial charge is 0 e. The summed E-state index contributed by atoms with van der Waals surface area (Å²) in [6, 6.07) is 0. The average molecular weight is 368 g/mol. The molecule has 0 aliphatic heterocycles. The molecule has 0 amide bonds. The van der Waals surface area contributed by atoms with Crippen LogP contribution in [0.1, 0.15) is 0 Å². The number of hydrogen-bond acceptors (Lipinski definition) is 0. The van der Waals surface area contributed by atoms with Crippen LogP contribution in [0.5, 0.6) is 0 Å². The van der Waals surface area contributed by atoms with Crippen LogP contribution in [0.4, 0.5) is 5.78 Å². The number of rotatable bonds is 0. The molecule has 5 heavy (non-hydrogen) atoms. The van der Waals surface area contributed by atoms with E-state index in [4.69, 9.17) is 0 Å². The minimum absolute atomic E-state index is 0. The molecule has 5 heteroatoms. The molecule has 0 aromatic rings. The van der Waals surface area contributed by atoms with Crippen LogP contribution in [0.2, 0.25) is 0 Å². The van der Waals surface area contributed by atoms with Crippen molar-refractivity contribution < 1.29 is 22.9 Å². The SMILES string of the molecule is F[Te]F.[BaH2].[Cu]. The molecule has 0 unspecified atom stereocenters. The van der Waals surface area contributed by atoms with E-state index in [1.807, 2.05) is 0 Å². The molecule has 35 valence electrons. The molecule has 0 fully saturated rings. The monoisotopic (exact) mass is 371 g/mol. The van der Waals surface area contributed by atoms with Gasteiger partial charge in [-0.1, -0.05) is 0 Å². The van der Waals surface area contributed by atoms with E-state index in [1.54, 1.807) is 0 Å². The Hall–Kier alpha value is 2.74. The van der Waals surface area contributed by atoms with Gasteiger partial charge in [0.2, 0.25) is 0 Å². The van der Waals surface area contributed by atoms with Crippen molar-refractivity contribution in [2.24, 2.45) is 0 Å². The van der Waals surface area contributed by atoms with Gasteiger partial charge in [-0.3, -0.25) is 0 Å². The van der Waals surface area contributed by atoms with E-state index >= 15 is 0 Å². The molecular formula is H2BaCuF2Te. The Balaban J connectivity index is -0.0000000200. The van der Waals surface area contributed by atoms with Crippen molar-refractivity contribution in [2.45, 2.75) is 0 Å². The second-order valence-corrected chi connectivity index (χ2v) is 0.391. The van der Waals surface area contributed by atoms with Crippen LogP contribution in [-0.2, 0) is 17.1 Å². The Morgan fingerprint density at radius 3 is 1.20 bits per heavy atom. The van der Waals surface area contributed by atoms with Crippen molar-refractivity contribution in [3.05, 3.63) is 0 Å². The molecule has 0 N–H and O–H groups in total. The summed E-state index contributed by atoms with van der Waals surface area (Å²) in [5, 5.41) is 0. The minimum Gasteiger partial charge on any atom is 0 e. The van der Waals surface area contributed by atoms with E-state index in [-0.39, 0.29) is 65.9 Å². The third kappa shape index (κ3) is 20.2. The molecule has 0 aromatic carbocycles. The van der Waals surface area contributed by atoms with Crippen LogP contribution in [-0.4, -0.2) is 70.9 Å². The summed E-state index contributed by atoms with van der Waals surface area (Å²) in [7, 11) is 0. The first-order chi connectivity index (χ1) is 1.41. The van der Waals surface area contributed by atoms with Gasteiger partial charge in [0.15, 0.2) is 0 Å². The second kappa shape index (κ2) is 15.9. The van der Waals surface area contributed by atoms with Crippen molar-refractivity contribution >= 4 is 70.9 Å². The van der Waals surface area contributed by atoms with Crippen molar-refractivity contribution in [3.8, 4) is 0 Å². The average Bonchev–Trinajstić information content (AvgIpc) is 0.918. The van der Waals surface area contributed by atoms with Gasteiger partial charge in [0, 0.05) is 17.1 Å². The Morgan fingerprint density at radius 1 is 1.20 bits per heavy atom. The Kier molecular flexibility index (Phi) is 49.7. The zero-order chi connectivity index (χ0) is 2.71. The maximum atomic E-state index is 9.75. The minimum atomic E-state index is -2.53. The molecule has 0 saturated carbocycles. The molecule has 0 saturated heterocycles. The van der Waals surface area contributed by atoms with Crippen molar-refractivity contribution in [1.29, 1.82) is 0 Å². The van der Waals surface area contributed by atoms with Gasteiger partial charge in [-0.25, -0.2) is 0 Å². The predicted octanol–water partition coefficient (Wildman–Crippen LogP) is -0.459. The quantitative estimate of drug-likeness (QED) is 0.508. The molecule has 0 heterocycles. The molecule has 0 nitrogen and oxygen atoms in total. The molecule has 1 radical (unpaired) electrons. The van der Waals surface area contributed by atoms with Gasteiger partial charge >= 0.3 is 76.7 Å². The summed E-state index contributed by atoms with van der Waals surface area (Å²) in [6.45, 7) is 0. The fraction of sp³-hybridized carbons (Fsp3) is 0. The zero-order valence-electron chi connectivity index (χ0n) is 1.47. The van der Waals surface area contributed by atoms with Gasteiger partial charge in [0.25, 0.3) is 0 Å². The fourth-order valence-corrected chi connectivity index (χ4v) is 0. The van der Waals surface area contributed by atoms with E-state index in [9.17, 15) is 5.78 Å². The number of halogens is 2. The Labute approximate surface area is 91.6 Å². The van der Waals surface area contributed by atoms with E-state index in [1.165, 1.54) is 0 Å². The van der Waals surface area contributed by atoms with E-state index in [0.29, 0.717) is 0 Å². The molecule has 0 aromatic heterocycles. The Bertz CT molecular complexity index is 9.61. The van der Waals surface area contributed by atoms with Crippen molar-refractivity contribution in [3.63, 3.8) is 0 Å². The van der Waals surface area contributed by atoms with Crippen molar-refractivity contribution in [1.82, 2.24) is 0 Å². The topological polar surface area (TPSA) is 0 Å². The first-order valence-electron chi connectivity index (χ1n) is 0.309. The largest absolute Gasteiger partial charge is 0 e. The Morgan fingerprint density at radius 2 is 1.20 bits per heavy atom. The summed E-state index contributed by atoms with van der Waals surface area (Å²) < 4.78 is 19.5. The zero-order valence-corrected chi connectivity index (χ0v) is 4.74. The fourth-order valence-electron chi connectivity index (χ4n) is 0. The maximum Gasteiger partial charge on any atom is 0 e. The van der Waals surface area contributed by atoms with Crippen molar-refractivity contribution in [2.75, 3.05) is 0 Å². The second-order valence-electron chi connectivity index (χ2n) is 0.0583. The van der Waals surface area contributed by atoms with Gasteiger partial charge in [-0.2, -0.15) is 0 Å². The predicted molar refractivity (Wildman–Crippen MR) is 16.5 cm³/mol. The molecule has 0 atom stereocenters. The summed E-state index contributed by atoms with van der Waals surface area (Å²) in [5.74, 6) is 0. The maximum absolute atomic E-state index is 9.75. The molecular weight excluding hydrogens is 366 g/mol. The van der Waals surface area contributed by atoms with Gasteiger partial charge in [0.05, 0.1) is 0 Å². The van der Waals surface area contributed by atoms with Gasteiger partial charge in [-0.05, 0) is 0 Å². The van der Waals surface area contributed by atoms with Gasteiger partial charge < -0.3 is 0 Å². The molecule has 0 aliphatic carbocycles. The van der Waals surface area contributed by atoms with Crippen LogP contribution in [0.15, 0.2) is 0 Å². The summed E-state index contributed by atoms with van der Waals surface area (Å²) >= 11 is -2.53. The van der Waals surface area contributed by atoms with Crippen LogP contribution >= 0.6 is 0 Å². The standard InChI is InChI=1S/Ba.Cu.F2Te.2H/c;;1-3-2;;. The van der Waals surface area contributed by atoms with E-state index < -0.39 is 22.1 Å². The molecule has 0 spiro atoms. The number of hydrogen-bond donors (Lipinski definition) is 0. The third-order valence-corrected chi connectivity index (χ3v) is 0. The van der Waals surface area contributed by atoms with E-state index in [2.05, 4.69) is 0 Å². The van der Waals surface area contributed by atoms with E-state index in [0.717, 1.165) is 0 Å². The first kappa shape index (κ1) is 15.6. The van der Waals surface area contributed by atoms with Gasteiger partial charge in [0.1, 0.15) is 0 Å². The summed E-state index contributed by atoms with van der Waals surface area (Å²) in [5.41, 5.74) is 0. The molecule has 0 aliphatic rings. The normalized spacial score (nSPS) is 3.60. The summed E-state index contributed by atoms with van der Waals surface area (Å²) in [6.07, 6.45) is 0. The third-order valence-electron chi connectivity index (χ3n) is 0. The molecule has 0 rings (SSSR count). The first-order valence-corrected chi connectivity index (χ1v) is 2.07. The summed E-state index contributed by atoms with van der Waals surface area (Å²) in [4.78, 5) is 0. The van der Waals surface area contributed by atoms with Crippen LogP contribution in [0.3, 0.4) is 0 Å². The van der Waals surface area contributed by atoms with Gasteiger partial charge in [-0.15, -0.1) is 0 Å². The van der Waals surface area contributed by atoms with Crippen LogP contribution in [0.25, 0.3) is 0 Å². The van der Waals surface area contributed by atoms with Crippen LogP contribution in [0, 0.1) is 0 Å².